The van der Waals surface area contributed by atoms with Crippen molar-refractivity contribution in [2.75, 3.05) is 36.9 Å². The highest BCUT2D eigenvalue weighted by atomic mass is 32.1. The second kappa shape index (κ2) is 6.84. The summed E-state index contributed by atoms with van der Waals surface area (Å²) in [5, 5.41) is 4.25. The lowest BCUT2D eigenvalue weighted by Gasteiger charge is -2.28. The van der Waals surface area contributed by atoms with Gasteiger partial charge in [-0.3, -0.25) is 0 Å². The maximum atomic E-state index is 5.63. The molecule has 4 aromatic rings. The molecule has 5 rings (SSSR count). The van der Waals surface area contributed by atoms with Crippen molar-refractivity contribution in [3.05, 3.63) is 35.3 Å². The van der Waals surface area contributed by atoms with E-state index in [1.165, 1.54) is 4.88 Å². The van der Waals surface area contributed by atoms with Gasteiger partial charge in [-0.2, -0.15) is 0 Å². The number of rotatable bonds is 3. The van der Waals surface area contributed by atoms with Crippen LogP contribution in [0.1, 0.15) is 0 Å². The number of nitrogen functional groups attached to an aromatic ring is 1. The number of ether oxygens (including phenoxy) is 1. The van der Waals surface area contributed by atoms with Crippen LogP contribution in [-0.2, 0) is 4.74 Å². The Bertz CT molecular complexity index is 1070. The van der Waals surface area contributed by atoms with Crippen LogP contribution < -0.4 is 10.6 Å². The second-order valence-electron chi connectivity index (χ2n) is 6.10. The predicted octanol–water partition coefficient (Wildman–Crippen LogP) is 3.30. The molecule has 7 nitrogen and oxygen atoms in total. The molecule has 27 heavy (non-hydrogen) atoms. The quantitative estimate of drug-likeness (QED) is 0.568. The Morgan fingerprint density at radius 3 is 2.63 bits per heavy atom. The molecule has 0 unspecified atom stereocenters. The summed E-state index contributed by atoms with van der Waals surface area (Å²) in [7, 11) is 0. The molecular weight excluding hydrogens is 380 g/mol. The van der Waals surface area contributed by atoms with Gasteiger partial charge in [-0.05, 0) is 11.4 Å². The van der Waals surface area contributed by atoms with E-state index < -0.39 is 0 Å². The number of morpholine rings is 1. The topological polar surface area (TPSA) is 90.0 Å². The maximum Gasteiger partial charge on any atom is 0.219 e. The van der Waals surface area contributed by atoms with Crippen LogP contribution in [0.15, 0.2) is 35.3 Å². The van der Waals surface area contributed by atoms with Gasteiger partial charge in [0, 0.05) is 41.3 Å². The lowest BCUT2D eigenvalue weighted by molar-refractivity contribution is 0.122. The molecule has 4 aromatic heterocycles. The smallest absolute Gasteiger partial charge is 0.219 e. The van der Waals surface area contributed by atoms with E-state index in [4.69, 9.17) is 20.4 Å². The van der Waals surface area contributed by atoms with Crippen molar-refractivity contribution in [3.63, 3.8) is 0 Å². The lowest BCUT2D eigenvalue weighted by Crippen LogP contribution is -2.36. The highest BCUT2D eigenvalue weighted by molar-refractivity contribution is 7.19. The number of nitrogens with zero attached hydrogens (tertiary/aromatic N) is 5. The molecule has 0 spiro atoms. The van der Waals surface area contributed by atoms with E-state index >= 15 is 0 Å². The molecule has 5 heterocycles. The molecule has 0 saturated carbocycles. The first-order chi connectivity index (χ1) is 13.3. The van der Waals surface area contributed by atoms with Gasteiger partial charge in [0.05, 0.1) is 29.0 Å². The average Bonchev–Trinajstić information content (AvgIpc) is 3.38. The highest BCUT2D eigenvalue weighted by Crippen LogP contribution is 2.40. The molecule has 0 aliphatic carbocycles. The van der Waals surface area contributed by atoms with E-state index in [9.17, 15) is 0 Å². The first-order valence-corrected chi connectivity index (χ1v) is 10.3. The van der Waals surface area contributed by atoms with Crippen LogP contribution >= 0.6 is 22.7 Å². The number of fused-ring (bicyclic) bond motifs is 1. The van der Waals surface area contributed by atoms with Crippen molar-refractivity contribution in [2.24, 2.45) is 0 Å². The number of aromatic nitrogens is 4. The van der Waals surface area contributed by atoms with Crippen LogP contribution in [0.25, 0.3) is 32.0 Å². The number of hydrogen-bond acceptors (Lipinski definition) is 9. The van der Waals surface area contributed by atoms with E-state index in [-0.39, 0.29) is 5.95 Å². The number of nitrogens with two attached hydrogens (primary N) is 1. The Morgan fingerprint density at radius 2 is 1.89 bits per heavy atom. The van der Waals surface area contributed by atoms with Gasteiger partial charge < -0.3 is 15.4 Å². The third-order valence-corrected chi connectivity index (χ3v) is 6.29. The van der Waals surface area contributed by atoms with Gasteiger partial charge in [0.15, 0.2) is 11.6 Å². The minimum atomic E-state index is 0.239. The molecule has 9 heteroatoms. The zero-order chi connectivity index (χ0) is 18.2. The summed E-state index contributed by atoms with van der Waals surface area (Å²) in [6, 6.07) is 4.18. The standard InChI is InChI=1S/C18H16N6OS2/c19-18-20-8-11(9-21-18)16-22-14-12(13-2-1-7-26-13)10-27-15(14)17(23-16)24-3-5-25-6-4-24/h1-2,7-10H,3-6H2,(H2,19,20,21). The Labute approximate surface area is 163 Å². The third kappa shape index (κ3) is 3.03. The van der Waals surface area contributed by atoms with Crippen LogP contribution in [0.3, 0.4) is 0 Å². The maximum absolute atomic E-state index is 5.63. The average molecular weight is 397 g/mol. The fourth-order valence-electron chi connectivity index (χ4n) is 3.08. The summed E-state index contributed by atoms with van der Waals surface area (Å²) >= 11 is 3.40. The van der Waals surface area contributed by atoms with Gasteiger partial charge in [-0.1, -0.05) is 6.07 Å². The minimum absolute atomic E-state index is 0.239. The molecule has 1 fully saturated rings. The summed E-state index contributed by atoms with van der Waals surface area (Å²) in [4.78, 5) is 21.4. The van der Waals surface area contributed by atoms with E-state index in [1.807, 2.05) is 0 Å². The van der Waals surface area contributed by atoms with Crippen LogP contribution in [-0.4, -0.2) is 46.2 Å². The Balaban J connectivity index is 1.72. The molecule has 0 radical (unpaired) electrons. The summed E-state index contributed by atoms with van der Waals surface area (Å²) in [6.45, 7) is 3.04. The summed E-state index contributed by atoms with van der Waals surface area (Å²) < 4.78 is 6.61. The van der Waals surface area contributed by atoms with Gasteiger partial charge >= 0.3 is 0 Å². The van der Waals surface area contributed by atoms with E-state index in [0.29, 0.717) is 19.0 Å². The first kappa shape index (κ1) is 16.5. The van der Waals surface area contributed by atoms with Crippen molar-refractivity contribution in [1.82, 2.24) is 19.9 Å². The fourth-order valence-corrected chi connectivity index (χ4v) is 4.92. The van der Waals surface area contributed by atoms with E-state index in [2.05, 4.69) is 37.8 Å². The van der Waals surface area contributed by atoms with Crippen molar-refractivity contribution in [1.29, 1.82) is 0 Å². The van der Waals surface area contributed by atoms with Gasteiger partial charge in [-0.15, -0.1) is 22.7 Å². The predicted molar refractivity (Wildman–Crippen MR) is 109 cm³/mol. The van der Waals surface area contributed by atoms with Crippen molar-refractivity contribution >= 4 is 44.7 Å². The van der Waals surface area contributed by atoms with Crippen LogP contribution in [0.4, 0.5) is 11.8 Å². The van der Waals surface area contributed by atoms with E-state index in [0.717, 1.165) is 40.3 Å². The molecule has 1 aliphatic heterocycles. The molecule has 136 valence electrons. The second-order valence-corrected chi connectivity index (χ2v) is 7.93. The van der Waals surface area contributed by atoms with Crippen LogP contribution in [0, 0.1) is 0 Å². The van der Waals surface area contributed by atoms with Crippen molar-refractivity contribution < 1.29 is 4.74 Å². The molecule has 2 N–H and O–H groups in total. The summed E-state index contributed by atoms with van der Waals surface area (Å²) in [5.41, 5.74) is 8.49. The van der Waals surface area contributed by atoms with E-state index in [1.54, 1.807) is 35.1 Å². The molecule has 0 aromatic carbocycles. The lowest BCUT2D eigenvalue weighted by atomic mass is 10.2. The number of anilines is 2. The third-order valence-electron chi connectivity index (χ3n) is 4.42. The Morgan fingerprint density at radius 1 is 1.07 bits per heavy atom. The molecule has 1 saturated heterocycles. The van der Waals surface area contributed by atoms with Crippen LogP contribution in [0.5, 0.6) is 0 Å². The SMILES string of the molecule is Nc1ncc(-c2nc(N3CCOCC3)c3scc(-c4cccs4)c3n2)cn1. The van der Waals surface area contributed by atoms with Crippen molar-refractivity contribution in [2.45, 2.75) is 0 Å². The molecule has 1 aliphatic rings. The summed E-state index contributed by atoms with van der Waals surface area (Å²) in [6.07, 6.45) is 3.34. The molecule has 0 bridgehead atoms. The summed E-state index contributed by atoms with van der Waals surface area (Å²) in [5.74, 6) is 1.80. The molecule has 0 amide bonds. The number of hydrogen-bond donors (Lipinski definition) is 1. The fraction of sp³-hybridized carbons (Fsp3) is 0.222. The monoisotopic (exact) mass is 396 g/mol. The Hall–Kier alpha value is -2.62. The van der Waals surface area contributed by atoms with Crippen molar-refractivity contribution in [3.8, 4) is 21.8 Å². The first-order valence-electron chi connectivity index (χ1n) is 8.53. The van der Waals surface area contributed by atoms with Gasteiger partial charge in [0.2, 0.25) is 5.95 Å². The number of thiophene rings is 2. The molecular formula is C18H16N6OS2. The van der Waals surface area contributed by atoms with Gasteiger partial charge in [-0.25, -0.2) is 19.9 Å². The minimum Gasteiger partial charge on any atom is -0.378 e. The molecule has 0 atom stereocenters. The van der Waals surface area contributed by atoms with Gasteiger partial charge in [0.25, 0.3) is 0 Å². The zero-order valence-corrected chi connectivity index (χ0v) is 16.0. The zero-order valence-electron chi connectivity index (χ0n) is 14.3. The normalized spacial score (nSPS) is 14.7. The van der Waals surface area contributed by atoms with Gasteiger partial charge in [0.1, 0.15) is 0 Å². The Kier molecular flexibility index (Phi) is 4.19. The largest absolute Gasteiger partial charge is 0.378 e. The highest BCUT2D eigenvalue weighted by Gasteiger charge is 2.21. The van der Waals surface area contributed by atoms with Crippen LogP contribution in [0.2, 0.25) is 0 Å².